The summed E-state index contributed by atoms with van der Waals surface area (Å²) in [6, 6.07) is 0. The third-order valence-corrected chi connectivity index (χ3v) is 4.01. The fraction of sp³-hybridized carbons (Fsp3) is 0.846. The Hall–Kier alpha value is -0.900. The summed E-state index contributed by atoms with van der Waals surface area (Å²) in [5.74, 6) is 1.03. The van der Waals surface area contributed by atoms with Gasteiger partial charge in [-0.2, -0.15) is 0 Å². The van der Waals surface area contributed by atoms with Gasteiger partial charge in [0.1, 0.15) is 6.29 Å². The molecule has 96 valence electrons. The van der Waals surface area contributed by atoms with E-state index in [4.69, 9.17) is 0 Å². The highest BCUT2D eigenvalue weighted by Crippen LogP contribution is 2.20. The van der Waals surface area contributed by atoms with Crippen LogP contribution < -0.4 is 5.32 Å². The molecule has 2 saturated heterocycles. The van der Waals surface area contributed by atoms with Gasteiger partial charge in [-0.1, -0.05) is 0 Å². The number of hydrogen-bond acceptors (Lipinski definition) is 3. The highest BCUT2D eigenvalue weighted by atomic mass is 16.2. The fourth-order valence-electron chi connectivity index (χ4n) is 2.75. The molecule has 0 radical (unpaired) electrons. The Morgan fingerprint density at radius 1 is 1.18 bits per heavy atom. The van der Waals surface area contributed by atoms with Crippen molar-refractivity contribution >= 4 is 12.2 Å². The second-order valence-corrected chi connectivity index (χ2v) is 5.25. The Bertz CT molecular complexity index is 267. The van der Waals surface area contributed by atoms with Gasteiger partial charge in [-0.15, -0.1) is 0 Å². The van der Waals surface area contributed by atoms with Crippen molar-refractivity contribution in [3.8, 4) is 0 Å². The normalized spacial score (nSPS) is 23.6. The molecule has 2 aliphatic heterocycles. The Labute approximate surface area is 103 Å². The zero-order valence-electron chi connectivity index (χ0n) is 10.4. The van der Waals surface area contributed by atoms with Crippen LogP contribution in [0.5, 0.6) is 0 Å². The molecule has 2 aliphatic rings. The second kappa shape index (κ2) is 6.15. The molecular formula is C13H22N2O2. The van der Waals surface area contributed by atoms with Gasteiger partial charge >= 0.3 is 0 Å². The van der Waals surface area contributed by atoms with Crippen LogP contribution in [0.3, 0.4) is 0 Å². The lowest BCUT2D eigenvalue weighted by Gasteiger charge is -2.31. The van der Waals surface area contributed by atoms with Crippen LogP contribution >= 0.6 is 0 Å². The Balaban J connectivity index is 1.74. The van der Waals surface area contributed by atoms with E-state index in [9.17, 15) is 9.59 Å². The number of rotatable bonds is 3. The molecule has 0 spiro atoms. The van der Waals surface area contributed by atoms with E-state index in [0.29, 0.717) is 18.2 Å². The predicted molar refractivity (Wildman–Crippen MR) is 65.6 cm³/mol. The van der Waals surface area contributed by atoms with E-state index in [1.807, 2.05) is 4.90 Å². The van der Waals surface area contributed by atoms with E-state index in [-0.39, 0.29) is 5.92 Å². The summed E-state index contributed by atoms with van der Waals surface area (Å²) < 4.78 is 0. The zero-order chi connectivity index (χ0) is 12.1. The maximum absolute atomic E-state index is 12.1. The zero-order valence-corrected chi connectivity index (χ0v) is 10.4. The number of nitrogens with one attached hydrogen (secondary N) is 1. The van der Waals surface area contributed by atoms with Gasteiger partial charge in [0.05, 0.1) is 0 Å². The van der Waals surface area contributed by atoms with Gasteiger partial charge in [0.2, 0.25) is 5.91 Å². The monoisotopic (exact) mass is 238 g/mol. The van der Waals surface area contributed by atoms with E-state index in [0.717, 1.165) is 58.1 Å². The molecule has 17 heavy (non-hydrogen) atoms. The van der Waals surface area contributed by atoms with Gasteiger partial charge in [0, 0.05) is 25.4 Å². The van der Waals surface area contributed by atoms with Crippen LogP contribution in [0.1, 0.15) is 32.1 Å². The minimum Gasteiger partial charge on any atom is -0.343 e. The molecule has 1 amide bonds. The Morgan fingerprint density at radius 2 is 1.82 bits per heavy atom. The molecular weight excluding hydrogens is 216 g/mol. The Morgan fingerprint density at radius 3 is 2.41 bits per heavy atom. The third-order valence-electron chi connectivity index (χ3n) is 4.01. The van der Waals surface area contributed by atoms with Gasteiger partial charge in [0.15, 0.2) is 0 Å². The first-order valence-corrected chi connectivity index (χ1v) is 6.73. The van der Waals surface area contributed by atoms with Gasteiger partial charge < -0.3 is 15.0 Å². The van der Waals surface area contributed by atoms with Crippen LogP contribution in [0.25, 0.3) is 0 Å². The van der Waals surface area contributed by atoms with Gasteiger partial charge in [0.25, 0.3) is 0 Å². The van der Waals surface area contributed by atoms with Crippen molar-refractivity contribution in [2.24, 2.45) is 11.8 Å². The molecule has 0 unspecified atom stereocenters. The van der Waals surface area contributed by atoms with Gasteiger partial charge in [-0.05, 0) is 44.7 Å². The summed E-state index contributed by atoms with van der Waals surface area (Å²) >= 11 is 0. The number of carbonyl (C=O) groups is 2. The highest BCUT2D eigenvalue weighted by molar-refractivity contribution is 5.76. The molecule has 2 heterocycles. The third kappa shape index (κ3) is 3.53. The maximum Gasteiger partial charge on any atom is 0.222 e. The first kappa shape index (κ1) is 12.6. The molecule has 4 heteroatoms. The van der Waals surface area contributed by atoms with Crippen molar-refractivity contribution in [2.45, 2.75) is 32.1 Å². The highest BCUT2D eigenvalue weighted by Gasteiger charge is 2.24. The minimum atomic E-state index is 0.179. The minimum absolute atomic E-state index is 0.179. The maximum atomic E-state index is 12.1. The predicted octanol–water partition coefficient (Wildman–Crippen LogP) is 0.814. The molecule has 2 fully saturated rings. The van der Waals surface area contributed by atoms with Crippen molar-refractivity contribution in [1.82, 2.24) is 10.2 Å². The average Bonchev–Trinajstić information content (AvgIpc) is 2.40. The molecule has 0 aromatic rings. The molecule has 0 atom stereocenters. The molecule has 0 bridgehead atoms. The van der Waals surface area contributed by atoms with Crippen LogP contribution in [0.4, 0.5) is 0 Å². The van der Waals surface area contributed by atoms with Crippen LogP contribution in [0, 0.1) is 11.8 Å². The van der Waals surface area contributed by atoms with E-state index >= 15 is 0 Å². The summed E-state index contributed by atoms with van der Waals surface area (Å²) in [6.07, 6.45) is 5.68. The van der Waals surface area contributed by atoms with Gasteiger partial charge in [-0.25, -0.2) is 0 Å². The SMILES string of the molecule is O=CC1CCN(C(=O)CC2CCNCC2)CC1. The van der Waals surface area contributed by atoms with E-state index in [1.54, 1.807) is 0 Å². The summed E-state index contributed by atoms with van der Waals surface area (Å²) in [4.78, 5) is 24.7. The standard InChI is InChI=1S/C13H22N2O2/c16-10-12-3-7-15(8-4-12)13(17)9-11-1-5-14-6-2-11/h10-12,14H,1-9H2. The molecule has 0 saturated carbocycles. The van der Waals surface area contributed by atoms with Crippen molar-refractivity contribution in [2.75, 3.05) is 26.2 Å². The number of aldehydes is 1. The lowest BCUT2D eigenvalue weighted by molar-refractivity contribution is -0.134. The first-order chi connectivity index (χ1) is 8.29. The van der Waals surface area contributed by atoms with E-state index in [2.05, 4.69) is 5.32 Å². The summed E-state index contributed by atoms with van der Waals surface area (Å²) in [5, 5.41) is 3.32. The number of piperidine rings is 2. The second-order valence-electron chi connectivity index (χ2n) is 5.25. The first-order valence-electron chi connectivity index (χ1n) is 6.73. The molecule has 2 rings (SSSR count). The lowest BCUT2D eigenvalue weighted by Crippen LogP contribution is -2.40. The number of carbonyl (C=O) groups excluding carboxylic acids is 2. The lowest BCUT2D eigenvalue weighted by atomic mass is 9.93. The van der Waals surface area contributed by atoms with Crippen molar-refractivity contribution in [3.05, 3.63) is 0 Å². The number of nitrogens with zero attached hydrogens (tertiary/aromatic N) is 1. The molecule has 1 N–H and O–H groups in total. The van der Waals surface area contributed by atoms with E-state index in [1.165, 1.54) is 0 Å². The average molecular weight is 238 g/mol. The topological polar surface area (TPSA) is 49.4 Å². The fourth-order valence-corrected chi connectivity index (χ4v) is 2.75. The largest absolute Gasteiger partial charge is 0.343 e. The van der Waals surface area contributed by atoms with Crippen molar-refractivity contribution in [1.29, 1.82) is 0 Å². The number of amides is 1. The van der Waals surface area contributed by atoms with Crippen LogP contribution in [-0.4, -0.2) is 43.3 Å². The van der Waals surface area contributed by atoms with Crippen LogP contribution in [-0.2, 0) is 9.59 Å². The van der Waals surface area contributed by atoms with Crippen LogP contribution in [0.2, 0.25) is 0 Å². The summed E-state index contributed by atoms with van der Waals surface area (Å²) in [5.41, 5.74) is 0. The molecule has 0 aromatic carbocycles. The van der Waals surface area contributed by atoms with Crippen molar-refractivity contribution < 1.29 is 9.59 Å². The number of hydrogen-bond donors (Lipinski definition) is 1. The summed E-state index contributed by atoms with van der Waals surface area (Å²) in [7, 11) is 0. The smallest absolute Gasteiger partial charge is 0.222 e. The molecule has 0 aromatic heterocycles. The summed E-state index contributed by atoms with van der Waals surface area (Å²) in [6.45, 7) is 3.64. The van der Waals surface area contributed by atoms with E-state index < -0.39 is 0 Å². The van der Waals surface area contributed by atoms with Crippen molar-refractivity contribution in [3.63, 3.8) is 0 Å². The molecule has 4 nitrogen and oxygen atoms in total. The van der Waals surface area contributed by atoms with Crippen LogP contribution in [0.15, 0.2) is 0 Å². The number of likely N-dealkylation sites (tertiary alicyclic amines) is 1. The van der Waals surface area contributed by atoms with Gasteiger partial charge in [-0.3, -0.25) is 4.79 Å². The Kier molecular flexibility index (Phi) is 4.54. The quantitative estimate of drug-likeness (QED) is 0.740. The molecule has 0 aliphatic carbocycles.